The fraction of sp³-hybridized carbons (Fsp3) is 0.571. The van der Waals surface area contributed by atoms with Crippen LogP contribution in [0.15, 0.2) is 18.3 Å². The summed E-state index contributed by atoms with van der Waals surface area (Å²) in [6.07, 6.45) is 3.03. The number of hydrogen-bond donors (Lipinski definition) is 2. The lowest BCUT2D eigenvalue weighted by Crippen LogP contribution is -2.41. The van der Waals surface area contributed by atoms with Gasteiger partial charge < -0.3 is 15.8 Å². The van der Waals surface area contributed by atoms with E-state index >= 15 is 0 Å². The van der Waals surface area contributed by atoms with Gasteiger partial charge in [-0.1, -0.05) is 13.8 Å². The molecule has 19 heavy (non-hydrogen) atoms. The van der Waals surface area contributed by atoms with Crippen LogP contribution in [0.4, 0.5) is 5.69 Å². The van der Waals surface area contributed by atoms with Gasteiger partial charge in [0.05, 0.1) is 23.9 Å². The second kappa shape index (κ2) is 7.09. The van der Waals surface area contributed by atoms with E-state index in [4.69, 9.17) is 10.5 Å². The predicted octanol–water partition coefficient (Wildman–Crippen LogP) is 2.18. The average molecular weight is 265 g/mol. The molecule has 5 nitrogen and oxygen atoms in total. The molecule has 0 aliphatic rings. The Morgan fingerprint density at radius 1 is 1.37 bits per heavy atom. The van der Waals surface area contributed by atoms with Gasteiger partial charge >= 0.3 is 0 Å². The van der Waals surface area contributed by atoms with E-state index in [1.165, 1.54) is 0 Å². The highest BCUT2D eigenvalue weighted by molar-refractivity contribution is 5.95. The summed E-state index contributed by atoms with van der Waals surface area (Å²) in [6.45, 7) is 6.77. The van der Waals surface area contributed by atoms with Crippen molar-refractivity contribution < 1.29 is 9.53 Å². The molecular weight excluding hydrogens is 242 g/mol. The Balaban J connectivity index is 2.75. The van der Waals surface area contributed by atoms with Crippen LogP contribution < -0.4 is 15.8 Å². The number of anilines is 1. The van der Waals surface area contributed by atoms with Gasteiger partial charge in [-0.2, -0.15) is 0 Å². The standard InChI is InChI=1S/C14H23N3O2/c1-4-14(5-2,10-15)13(18)17-11-7-8-12(16-9-11)19-6-3/h7-9H,4-6,10,15H2,1-3H3,(H,17,18). The van der Waals surface area contributed by atoms with E-state index in [1.807, 2.05) is 20.8 Å². The van der Waals surface area contributed by atoms with Crippen molar-refractivity contribution in [1.82, 2.24) is 4.98 Å². The van der Waals surface area contributed by atoms with Gasteiger partial charge in [0.1, 0.15) is 0 Å². The van der Waals surface area contributed by atoms with E-state index in [1.54, 1.807) is 18.3 Å². The van der Waals surface area contributed by atoms with Crippen LogP contribution in [-0.2, 0) is 4.79 Å². The predicted molar refractivity (Wildman–Crippen MR) is 76.1 cm³/mol. The molecule has 0 spiro atoms. The summed E-state index contributed by atoms with van der Waals surface area (Å²) >= 11 is 0. The second-order valence-corrected chi connectivity index (χ2v) is 4.46. The number of aromatic nitrogens is 1. The highest BCUT2D eigenvalue weighted by atomic mass is 16.5. The summed E-state index contributed by atoms with van der Waals surface area (Å²) in [4.78, 5) is 16.4. The first-order valence-corrected chi connectivity index (χ1v) is 6.72. The van der Waals surface area contributed by atoms with Crippen LogP contribution in [0, 0.1) is 5.41 Å². The van der Waals surface area contributed by atoms with Crippen LogP contribution in [0.3, 0.4) is 0 Å². The Hall–Kier alpha value is -1.62. The molecule has 1 aromatic rings. The number of hydrogen-bond acceptors (Lipinski definition) is 4. The molecular formula is C14H23N3O2. The first-order chi connectivity index (χ1) is 9.11. The van der Waals surface area contributed by atoms with Crippen molar-refractivity contribution in [3.8, 4) is 5.88 Å². The maximum atomic E-state index is 12.3. The fourth-order valence-electron chi connectivity index (χ4n) is 1.90. The molecule has 1 amide bonds. The highest BCUT2D eigenvalue weighted by Gasteiger charge is 2.33. The molecule has 1 aromatic heterocycles. The zero-order chi connectivity index (χ0) is 14.3. The number of pyridine rings is 1. The van der Waals surface area contributed by atoms with Crippen molar-refractivity contribution in [1.29, 1.82) is 0 Å². The van der Waals surface area contributed by atoms with Gasteiger partial charge in [0.2, 0.25) is 11.8 Å². The van der Waals surface area contributed by atoms with E-state index in [2.05, 4.69) is 10.3 Å². The van der Waals surface area contributed by atoms with Gasteiger partial charge in [0.25, 0.3) is 0 Å². The summed E-state index contributed by atoms with van der Waals surface area (Å²) in [7, 11) is 0. The maximum Gasteiger partial charge on any atom is 0.231 e. The minimum Gasteiger partial charge on any atom is -0.478 e. The topological polar surface area (TPSA) is 77.2 Å². The van der Waals surface area contributed by atoms with E-state index < -0.39 is 5.41 Å². The monoisotopic (exact) mass is 265 g/mol. The number of ether oxygens (including phenoxy) is 1. The van der Waals surface area contributed by atoms with Gasteiger partial charge in [-0.25, -0.2) is 4.98 Å². The molecule has 0 bridgehead atoms. The lowest BCUT2D eigenvalue weighted by molar-refractivity contribution is -0.125. The van der Waals surface area contributed by atoms with Crippen LogP contribution in [0.1, 0.15) is 33.6 Å². The molecule has 1 heterocycles. The average Bonchev–Trinajstić information content (AvgIpc) is 2.44. The molecule has 0 radical (unpaired) electrons. The number of amides is 1. The van der Waals surface area contributed by atoms with Crippen LogP contribution in [-0.4, -0.2) is 24.0 Å². The lowest BCUT2D eigenvalue weighted by Gasteiger charge is -2.28. The molecule has 0 aliphatic carbocycles. The van der Waals surface area contributed by atoms with Crippen molar-refractivity contribution in [3.05, 3.63) is 18.3 Å². The largest absolute Gasteiger partial charge is 0.478 e. The summed E-state index contributed by atoms with van der Waals surface area (Å²) < 4.78 is 5.25. The van der Waals surface area contributed by atoms with Crippen LogP contribution >= 0.6 is 0 Å². The third kappa shape index (κ3) is 3.67. The van der Waals surface area contributed by atoms with Crippen LogP contribution in [0.5, 0.6) is 5.88 Å². The third-order valence-electron chi connectivity index (χ3n) is 3.51. The van der Waals surface area contributed by atoms with E-state index in [-0.39, 0.29) is 5.91 Å². The molecule has 5 heteroatoms. The quantitative estimate of drug-likeness (QED) is 0.792. The molecule has 0 saturated heterocycles. The van der Waals surface area contributed by atoms with Crippen molar-refractivity contribution in [2.75, 3.05) is 18.5 Å². The van der Waals surface area contributed by atoms with Gasteiger partial charge in [-0.05, 0) is 25.8 Å². The smallest absolute Gasteiger partial charge is 0.231 e. The molecule has 0 aliphatic heterocycles. The first-order valence-electron chi connectivity index (χ1n) is 6.72. The molecule has 0 saturated carbocycles. The molecule has 0 unspecified atom stereocenters. The summed E-state index contributed by atoms with van der Waals surface area (Å²) in [5.74, 6) is 0.502. The molecule has 0 aromatic carbocycles. The van der Waals surface area contributed by atoms with Gasteiger partial charge in [0, 0.05) is 12.6 Å². The number of carbonyl (C=O) groups is 1. The SMILES string of the molecule is CCOc1ccc(NC(=O)C(CC)(CC)CN)cn1. The Morgan fingerprint density at radius 2 is 2.05 bits per heavy atom. The van der Waals surface area contributed by atoms with E-state index in [0.29, 0.717) is 24.7 Å². The number of nitrogens with zero attached hydrogens (tertiary/aromatic N) is 1. The number of nitrogens with one attached hydrogen (secondary N) is 1. The minimum atomic E-state index is -0.501. The van der Waals surface area contributed by atoms with Crippen LogP contribution in [0.2, 0.25) is 0 Å². The lowest BCUT2D eigenvalue weighted by atomic mass is 9.81. The normalized spacial score (nSPS) is 11.2. The Morgan fingerprint density at radius 3 is 2.47 bits per heavy atom. The second-order valence-electron chi connectivity index (χ2n) is 4.46. The number of nitrogens with two attached hydrogens (primary N) is 1. The first kappa shape index (κ1) is 15.4. The van der Waals surface area contributed by atoms with E-state index in [9.17, 15) is 4.79 Å². The number of carbonyl (C=O) groups excluding carboxylic acids is 1. The molecule has 106 valence electrons. The molecule has 0 atom stereocenters. The maximum absolute atomic E-state index is 12.3. The van der Waals surface area contributed by atoms with E-state index in [0.717, 1.165) is 12.8 Å². The van der Waals surface area contributed by atoms with Gasteiger partial charge in [0.15, 0.2) is 0 Å². The van der Waals surface area contributed by atoms with Crippen molar-refractivity contribution in [2.24, 2.45) is 11.1 Å². The fourth-order valence-corrected chi connectivity index (χ4v) is 1.90. The molecule has 1 rings (SSSR count). The zero-order valence-electron chi connectivity index (χ0n) is 11.9. The molecule has 3 N–H and O–H groups in total. The zero-order valence-corrected chi connectivity index (χ0v) is 11.9. The van der Waals surface area contributed by atoms with Crippen LogP contribution in [0.25, 0.3) is 0 Å². The molecule has 0 fully saturated rings. The third-order valence-corrected chi connectivity index (χ3v) is 3.51. The Bertz CT molecular complexity index is 391. The number of rotatable bonds is 7. The Kier molecular flexibility index (Phi) is 5.76. The highest BCUT2D eigenvalue weighted by Crippen LogP contribution is 2.27. The Labute approximate surface area is 114 Å². The van der Waals surface area contributed by atoms with Crippen molar-refractivity contribution in [2.45, 2.75) is 33.6 Å². The van der Waals surface area contributed by atoms with Gasteiger partial charge in [-0.3, -0.25) is 4.79 Å². The van der Waals surface area contributed by atoms with Crippen molar-refractivity contribution in [3.63, 3.8) is 0 Å². The van der Waals surface area contributed by atoms with Crippen molar-refractivity contribution >= 4 is 11.6 Å². The summed E-state index contributed by atoms with van der Waals surface area (Å²) in [5, 5.41) is 2.87. The minimum absolute atomic E-state index is 0.0500. The summed E-state index contributed by atoms with van der Waals surface area (Å²) in [5.41, 5.74) is 5.91. The van der Waals surface area contributed by atoms with Gasteiger partial charge in [-0.15, -0.1) is 0 Å². The summed E-state index contributed by atoms with van der Waals surface area (Å²) in [6, 6.07) is 3.52.